The van der Waals surface area contributed by atoms with Gasteiger partial charge in [0.25, 0.3) is 5.91 Å². The lowest BCUT2D eigenvalue weighted by molar-refractivity contribution is 0.0990. The minimum Gasteiger partial charge on any atom is -0.364 e. The molecule has 0 aliphatic rings. The van der Waals surface area contributed by atoms with E-state index >= 15 is 0 Å². The second-order valence-corrected chi connectivity index (χ2v) is 3.89. The molecule has 0 bridgehead atoms. The molecule has 0 fully saturated rings. The molecular weight excluding hydrogens is 210 g/mol. The molecule has 4 nitrogen and oxygen atoms in total. The monoisotopic (exact) mass is 221 g/mol. The maximum atomic E-state index is 11.1. The highest BCUT2D eigenvalue weighted by Crippen LogP contribution is 2.21. The van der Waals surface area contributed by atoms with Crippen LogP contribution in [0.5, 0.6) is 0 Å². The Bertz CT molecular complexity index is 473. The summed E-state index contributed by atoms with van der Waals surface area (Å²) in [5.74, 6) is -0.439. The Kier molecular flexibility index (Phi) is 2.55. The predicted octanol–water partition coefficient (Wildman–Crippen LogP) is 1.73. The van der Waals surface area contributed by atoms with Crippen molar-refractivity contribution in [1.29, 1.82) is 0 Å². The van der Waals surface area contributed by atoms with E-state index in [2.05, 4.69) is 5.10 Å². The fourth-order valence-electron chi connectivity index (χ4n) is 1.41. The van der Waals surface area contributed by atoms with E-state index in [1.54, 1.807) is 22.1 Å². The molecule has 0 radical (unpaired) electrons. The summed E-state index contributed by atoms with van der Waals surface area (Å²) in [7, 11) is 0. The van der Waals surface area contributed by atoms with Crippen LogP contribution >= 0.6 is 11.3 Å². The third kappa shape index (κ3) is 1.78. The zero-order valence-electron chi connectivity index (χ0n) is 8.30. The average molecular weight is 221 g/mol. The van der Waals surface area contributed by atoms with Gasteiger partial charge in [-0.1, -0.05) is 0 Å². The third-order valence-electron chi connectivity index (χ3n) is 2.15. The largest absolute Gasteiger partial charge is 0.364 e. The number of aromatic nitrogens is 2. The SMILES string of the molecule is CCn1nc(-c2ccsc2)cc1C(N)=O. The van der Waals surface area contributed by atoms with Crippen molar-refractivity contribution in [2.75, 3.05) is 0 Å². The quantitative estimate of drug-likeness (QED) is 0.858. The minimum atomic E-state index is -0.439. The first-order chi connectivity index (χ1) is 7.22. The van der Waals surface area contributed by atoms with Gasteiger partial charge in [-0.2, -0.15) is 16.4 Å². The van der Waals surface area contributed by atoms with Crippen LogP contribution in [0.2, 0.25) is 0 Å². The fourth-order valence-corrected chi connectivity index (χ4v) is 2.06. The lowest BCUT2D eigenvalue weighted by Crippen LogP contribution is -2.16. The summed E-state index contributed by atoms with van der Waals surface area (Å²) in [6.45, 7) is 2.57. The zero-order chi connectivity index (χ0) is 10.8. The second-order valence-electron chi connectivity index (χ2n) is 3.11. The van der Waals surface area contributed by atoms with Crippen LogP contribution < -0.4 is 5.73 Å². The van der Waals surface area contributed by atoms with E-state index in [9.17, 15) is 4.79 Å². The summed E-state index contributed by atoms with van der Waals surface area (Å²) in [6, 6.07) is 3.70. The van der Waals surface area contributed by atoms with Gasteiger partial charge in [0.1, 0.15) is 5.69 Å². The van der Waals surface area contributed by atoms with Gasteiger partial charge in [0.15, 0.2) is 0 Å². The van der Waals surface area contributed by atoms with Gasteiger partial charge >= 0.3 is 0 Å². The minimum absolute atomic E-state index is 0.439. The number of hydrogen-bond donors (Lipinski definition) is 1. The van der Waals surface area contributed by atoms with Gasteiger partial charge in [-0.15, -0.1) is 0 Å². The first-order valence-corrected chi connectivity index (χ1v) is 5.57. The molecule has 0 saturated carbocycles. The van der Waals surface area contributed by atoms with Gasteiger partial charge in [0.2, 0.25) is 0 Å². The lowest BCUT2D eigenvalue weighted by atomic mass is 10.2. The molecule has 0 aliphatic carbocycles. The molecule has 2 rings (SSSR count). The molecule has 2 heterocycles. The Morgan fingerprint density at radius 3 is 2.93 bits per heavy atom. The molecule has 0 aliphatic heterocycles. The highest BCUT2D eigenvalue weighted by atomic mass is 32.1. The third-order valence-corrected chi connectivity index (χ3v) is 2.83. The number of nitrogens with zero attached hydrogens (tertiary/aromatic N) is 2. The zero-order valence-corrected chi connectivity index (χ0v) is 9.12. The first kappa shape index (κ1) is 9.92. The molecule has 0 saturated heterocycles. The van der Waals surface area contributed by atoms with E-state index in [1.165, 1.54) is 0 Å². The molecule has 0 aromatic carbocycles. The summed E-state index contributed by atoms with van der Waals surface area (Å²) in [5, 5.41) is 8.28. The molecule has 2 aromatic rings. The van der Waals surface area contributed by atoms with Crippen LogP contribution in [0, 0.1) is 0 Å². The Hall–Kier alpha value is -1.62. The highest BCUT2D eigenvalue weighted by molar-refractivity contribution is 7.08. The summed E-state index contributed by atoms with van der Waals surface area (Å²) in [6.07, 6.45) is 0. The molecule has 2 aromatic heterocycles. The summed E-state index contributed by atoms with van der Waals surface area (Å²) in [5.41, 5.74) is 7.54. The maximum absolute atomic E-state index is 11.1. The fraction of sp³-hybridized carbons (Fsp3) is 0.200. The molecule has 0 atom stereocenters. The van der Waals surface area contributed by atoms with E-state index in [0.29, 0.717) is 12.2 Å². The Morgan fingerprint density at radius 2 is 2.47 bits per heavy atom. The van der Waals surface area contributed by atoms with Gasteiger partial charge < -0.3 is 5.73 Å². The van der Waals surface area contributed by atoms with Gasteiger partial charge in [-0.05, 0) is 24.4 Å². The van der Waals surface area contributed by atoms with E-state index in [1.807, 2.05) is 23.8 Å². The van der Waals surface area contributed by atoms with Crippen molar-refractivity contribution >= 4 is 17.2 Å². The van der Waals surface area contributed by atoms with Crippen LogP contribution in [0.4, 0.5) is 0 Å². The van der Waals surface area contributed by atoms with E-state index in [4.69, 9.17) is 5.73 Å². The molecule has 0 unspecified atom stereocenters. The molecule has 78 valence electrons. The molecule has 5 heteroatoms. The maximum Gasteiger partial charge on any atom is 0.266 e. The van der Waals surface area contributed by atoms with Crippen LogP contribution in [0.25, 0.3) is 11.3 Å². The molecule has 1 amide bonds. The summed E-state index contributed by atoms with van der Waals surface area (Å²) < 4.78 is 1.62. The van der Waals surface area contributed by atoms with Gasteiger partial charge in [-0.25, -0.2) is 0 Å². The average Bonchev–Trinajstić information content (AvgIpc) is 2.86. The number of nitrogens with two attached hydrogens (primary N) is 1. The molecular formula is C10H11N3OS. The Morgan fingerprint density at radius 1 is 1.67 bits per heavy atom. The van der Waals surface area contributed by atoms with E-state index in [-0.39, 0.29) is 0 Å². The van der Waals surface area contributed by atoms with Crippen molar-refractivity contribution in [2.24, 2.45) is 5.73 Å². The van der Waals surface area contributed by atoms with Gasteiger partial charge in [0, 0.05) is 17.5 Å². The molecule has 15 heavy (non-hydrogen) atoms. The number of primary amides is 1. The number of carbonyl (C=O) groups excluding carboxylic acids is 1. The van der Waals surface area contributed by atoms with Crippen LogP contribution in [-0.2, 0) is 6.54 Å². The van der Waals surface area contributed by atoms with Crippen molar-refractivity contribution in [3.63, 3.8) is 0 Å². The van der Waals surface area contributed by atoms with E-state index < -0.39 is 5.91 Å². The number of rotatable bonds is 3. The van der Waals surface area contributed by atoms with Crippen LogP contribution in [0.15, 0.2) is 22.9 Å². The molecule has 2 N–H and O–H groups in total. The Labute approximate surface area is 91.3 Å². The normalized spacial score (nSPS) is 10.5. The van der Waals surface area contributed by atoms with Crippen LogP contribution in [0.3, 0.4) is 0 Å². The Balaban J connectivity index is 2.48. The topological polar surface area (TPSA) is 60.9 Å². The van der Waals surface area contributed by atoms with Gasteiger partial charge in [0.05, 0.1) is 5.69 Å². The number of carbonyl (C=O) groups is 1. The summed E-state index contributed by atoms with van der Waals surface area (Å²) in [4.78, 5) is 11.1. The van der Waals surface area contributed by atoms with E-state index in [0.717, 1.165) is 11.3 Å². The number of amides is 1. The number of aryl methyl sites for hydroxylation is 1. The summed E-state index contributed by atoms with van der Waals surface area (Å²) >= 11 is 1.60. The lowest BCUT2D eigenvalue weighted by Gasteiger charge is -1.98. The van der Waals surface area contributed by atoms with Crippen molar-refractivity contribution in [3.05, 3.63) is 28.6 Å². The van der Waals surface area contributed by atoms with Crippen molar-refractivity contribution in [1.82, 2.24) is 9.78 Å². The van der Waals surface area contributed by atoms with Crippen LogP contribution in [-0.4, -0.2) is 15.7 Å². The molecule has 0 spiro atoms. The van der Waals surface area contributed by atoms with Gasteiger partial charge in [-0.3, -0.25) is 9.48 Å². The highest BCUT2D eigenvalue weighted by Gasteiger charge is 2.12. The van der Waals surface area contributed by atoms with Crippen LogP contribution in [0.1, 0.15) is 17.4 Å². The van der Waals surface area contributed by atoms with Crippen molar-refractivity contribution in [3.8, 4) is 11.3 Å². The standard InChI is InChI=1S/C10H11N3OS/c1-2-13-9(10(11)14)5-8(12-13)7-3-4-15-6-7/h3-6H,2H2,1H3,(H2,11,14). The predicted molar refractivity (Wildman–Crippen MR) is 59.7 cm³/mol. The number of hydrogen-bond acceptors (Lipinski definition) is 3. The van der Waals surface area contributed by atoms with Crippen molar-refractivity contribution in [2.45, 2.75) is 13.5 Å². The first-order valence-electron chi connectivity index (χ1n) is 4.62. The smallest absolute Gasteiger partial charge is 0.266 e. The number of thiophene rings is 1. The van der Waals surface area contributed by atoms with Crippen molar-refractivity contribution < 1.29 is 4.79 Å². The second kappa shape index (κ2) is 3.86.